The molecule has 1 fully saturated rings. The summed E-state index contributed by atoms with van der Waals surface area (Å²) in [6.45, 7) is 2.84. The molecule has 132 valence electrons. The highest BCUT2D eigenvalue weighted by molar-refractivity contribution is 5.24. The molecule has 2 nitrogen and oxygen atoms in total. The topological polar surface area (TPSA) is 9.23 Å². The molecule has 0 heterocycles. The van der Waals surface area contributed by atoms with Crippen molar-refractivity contribution in [3.63, 3.8) is 0 Å². The minimum atomic E-state index is 0.752. The molecule has 2 heteroatoms. The molecule has 0 radical (unpaired) electrons. The van der Waals surface area contributed by atoms with E-state index in [2.05, 4.69) is 57.6 Å². The highest BCUT2D eigenvalue weighted by Crippen LogP contribution is 2.44. The highest BCUT2D eigenvalue weighted by Gasteiger charge is 2.35. The van der Waals surface area contributed by atoms with E-state index >= 15 is 0 Å². The monoisotopic (exact) mass is 328 g/mol. The molecular formula is C22H34NO+. The van der Waals surface area contributed by atoms with Crippen molar-refractivity contribution in [2.24, 2.45) is 17.8 Å². The SMILES string of the molecule is C[N+](C)(C)CCCCOCc1ccc(CC2CC3C=CC2C3)cc1. The molecule has 0 aromatic heterocycles. The fraction of sp³-hybridized carbons (Fsp3) is 0.636. The Bertz CT molecular complexity index is 540. The van der Waals surface area contributed by atoms with Gasteiger partial charge in [-0.2, -0.15) is 0 Å². The maximum absolute atomic E-state index is 5.83. The zero-order chi connectivity index (χ0) is 17.0. The molecule has 3 atom stereocenters. The minimum absolute atomic E-state index is 0.752. The van der Waals surface area contributed by atoms with Crippen LogP contribution in [0.15, 0.2) is 36.4 Å². The van der Waals surface area contributed by atoms with Crippen molar-refractivity contribution >= 4 is 0 Å². The highest BCUT2D eigenvalue weighted by atomic mass is 16.5. The summed E-state index contributed by atoms with van der Waals surface area (Å²) < 4.78 is 6.87. The molecule has 0 spiro atoms. The zero-order valence-corrected chi connectivity index (χ0v) is 15.7. The van der Waals surface area contributed by atoms with Crippen molar-refractivity contribution in [3.05, 3.63) is 47.5 Å². The van der Waals surface area contributed by atoms with Crippen molar-refractivity contribution in [2.45, 2.75) is 38.7 Å². The zero-order valence-electron chi connectivity index (χ0n) is 15.7. The molecule has 2 aliphatic rings. The quantitative estimate of drug-likeness (QED) is 0.370. The Hall–Kier alpha value is -1.12. The summed E-state index contributed by atoms with van der Waals surface area (Å²) in [6.07, 6.45) is 11.3. The average molecular weight is 329 g/mol. The predicted molar refractivity (Wildman–Crippen MR) is 101 cm³/mol. The van der Waals surface area contributed by atoms with Gasteiger partial charge in [0.25, 0.3) is 0 Å². The molecule has 0 N–H and O–H groups in total. The lowest BCUT2D eigenvalue weighted by molar-refractivity contribution is -0.870. The van der Waals surface area contributed by atoms with E-state index in [1.807, 2.05) is 0 Å². The standard InChI is InChI=1S/C22H34NO/c1-23(2,3)12-4-5-13-24-17-19-8-6-18(7-9-19)14-22-16-20-10-11-21(22)15-20/h6-11,20-22H,4-5,12-17H2,1-3H3/q+1. The first-order valence-electron chi connectivity index (χ1n) is 9.64. The Balaban J connectivity index is 1.34. The van der Waals surface area contributed by atoms with Crippen LogP contribution in [-0.2, 0) is 17.8 Å². The molecule has 3 rings (SSSR count). The largest absolute Gasteiger partial charge is 0.377 e. The molecule has 1 aromatic carbocycles. The lowest BCUT2D eigenvalue weighted by atomic mass is 9.87. The average Bonchev–Trinajstić information content (AvgIpc) is 3.14. The van der Waals surface area contributed by atoms with Crippen molar-refractivity contribution in [1.29, 1.82) is 0 Å². The first-order valence-corrected chi connectivity index (χ1v) is 9.64. The summed E-state index contributed by atoms with van der Waals surface area (Å²) in [5, 5.41) is 0. The maximum Gasteiger partial charge on any atom is 0.0781 e. The minimum Gasteiger partial charge on any atom is -0.377 e. The second kappa shape index (κ2) is 7.84. The summed E-state index contributed by atoms with van der Waals surface area (Å²) in [5.41, 5.74) is 2.80. The molecule has 2 bridgehead atoms. The fourth-order valence-electron chi connectivity index (χ4n) is 4.18. The smallest absolute Gasteiger partial charge is 0.0781 e. The molecule has 2 aliphatic carbocycles. The third-order valence-corrected chi connectivity index (χ3v) is 5.57. The van der Waals surface area contributed by atoms with Gasteiger partial charge in [-0.05, 0) is 61.0 Å². The lowest BCUT2D eigenvalue weighted by Gasteiger charge is -2.23. The van der Waals surface area contributed by atoms with Crippen molar-refractivity contribution < 1.29 is 9.22 Å². The number of hydrogen-bond donors (Lipinski definition) is 0. The summed E-state index contributed by atoms with van der Waals surface area (Å²) in [7, 11) is 6.74. The van der Waals surface area contributed by atoms with Crippen molar-refractivity contribution in [3.8, 4) is 0 Å². The van der Waals surface area contributed by atoms with Gasteiger partial charge >= 0.3 is 0 Å². The van der Waals surface area contributed by atoms with Crippen molar-refractivity contribution in [1.82, 2.24) is 0 Å². The van der Waals surface area contributed by atoms with Gasteiger partial charge in [-0.1, -0.05) is 36.4 Å². The summed E-state index contributed by atoms with van der Waals surface area (Å²) in [6, 6.07) is 9.13. The third-order valence-electron chi connectivity index (χ3n) is 5.57. The summed E-state index contributed by atoms with van der Waals surface area (Å²) in [5.74, 6) is 2.61. The van der Waals surface area contributed by atoms with Gasteiger partial charge in [-0.15, -0.1) is 0 Å². The van der Waals surface area contributed by atoms with E-state index in [4.69, 9.17) is 4.74 Å². The van der Waals surface area contributed by atoms with Crippen LogP contribution in [0.2, 0.25) is 0 Å². The molecule has 0 saturated heterocycles. The van der Waals surface area contributed by atoms with E-state index in [0.717, 1.165) is 41.9 Å². The van der Waals surface area contributed by atoms with Gasteiger partial charge in [-0.25, -0.2) is 0 Å². The van der Waals surface area contributed by atoms with E-state index in [9.17, 15) is 0 Å². The van der Waals surface area contributed by atoms with Gasteiger partial charge in [0.1, 0.15) is 0 Å². The van der Waals surface area contributed by atoms with Crippen LogP contribution in [0.4, 0.5) is 0 Å². The second-order valence-electron chi connectivity index (χ2n) is 8.83. The number of nitrogens with zero attached hydrogens (tertiary/aromatic N) is 1. The third kappa shape index (κ3) is 5.19. The Labute approximate surface area is 148 Å². The first-order chi connectivity index (χ1) is 11.5. The number of quaternary nitrogens is 1. The molecule has 1 saturated carbocycles. The number of ether oxygens (including phenoxy) is 1. The second-order valence-corrected chi connectivity index (χ2v) is 8.83. The van der Waals surface area contributed by atoms with Crippen LogP contribution in [0.3, 0.4) is 0 Å². The van der Waals surface area contributed by atoms with Crippen LogP contribution in [0.25, 0.3) is 0 Å². The predicted octanol–water partition coefficient (Wildman–Crippen LogP) is 4.44. The molecule has 1 aromatic rings. The maximum atomic E-state index is 5.83. The van der Waals surface area contributed by atoms with Crippen LogP contribution in [-0.4, -0.2) is 38.8 Å². The number of benzene rings is 1. The number of unbranched alkanes of at least 4 members (excludes halogenated alkanes) is 1. The Kier molecular flexibility index (Phi) is 5.78. The Morgan fingerprint density at radius 3 is 2.33 bits per heavy atom. The lowest BCUT2D eigenvalue weighted by Crippen LogP contribution is -2.35. The Morgan fingerprint density at radius 1 is 0.958 bits per heavy atom. The molecule has 0 aliphatic heterocycles. The number of fused-ring (bicyclic) bond motifs is 2. The van der Waals surface area contributed by atoms with Gasteiger partial charge in [0.05, 0.1) is 34.3 Å². The van der Waals surface area contributed by atoms with Crippen LogP contribution in [0, 0.1) is 17.8 Å². The molecule has 3 unspecified atom stereocenters. The molecule has 0 amide bonds. The van der Waals surface area contributed by atoms with Crippen LogP contribution >= 0.6 is 0 Å². The molecule has 24 heavy (non-hydrogen) atoms. The summed E-state index contributed by atoms with van der Waals surface area (Å²) >= 11 is 0. The van der Waals surface area contributed by atoms with E-state index in [1.54, 1.807) is 0 Å². The van der Waals surface area contributed by atoms with E-state index in [0.29, 0.717) is 0 Å². The normalized spacial score (nSPS) is 25.5. The van der Waals surface area contributed by atoms with Gasteiger partial charge in [0, 0.05) is 6.61 Å². The number of rotatable bonds is 9. The first kappa shape index (κ1) is 17.7. The fourth-order valence-corrected chi connectivity index (χ4v) is 4.18. The van der Waals surface area contributed by atoms with Crippen LogP contribution in [0.5, 0.6) is 0 Å². The Morgan fingerprint density at radius 2 is 1.71 bits per heavy atom. The molecular weight excluding hydrogens is 294 g/mol. The van der Waals surface area contributed by atoms with Crippen LogP contribution in [0.1, 0.15) is 36.8 Å². The van der Waals surface area contributed by atoms with E-state index < -0.39 is 0 Å². The number of hydrogen-bond acceptors (Lipinski definition) is 1. The van der Waals surface area contributed by atoms with E-state index in [1.165, 1.54) is 43.4 Å². The van der Waals surface area contributed by atoms with Gasteiger partial charge in [-0.3, -0.25) is 0 Å². The van der Waals surface area contributed by atoms with Crippen molar-refractivity contribution in [2.75, 3.05) is 34.3 Å². The van der Waals surface area contributed by atoms with E-state index in [-0.39, 0.29) is 0 Å². The summed E-state index contributed by atoms with van der Waals surface area (Å²) in [4.78, 5) is 0. The number of allylic oxidation sites excluding steroid dienone is 2. The van der Waals surface area contributed by atoms with Gasteiger partial charge in [0.2, 0.25) is 0 Å². The van der Waals surface area contributed by atoms with Crippen LogP contribution < -0.4 is 0 Å². The van der Waals surface area contributed by atoms with Gasteiger partial charge < -0.3 is 9.22 Å². The van der Waals surface area contributed by atoms with Gasteiger partial charge in [0.15, 0.2) is 0 Å².